The van der Waals surface area contributed by atoms with Gasteiger partial charge in [0.1, 0.15) is 30.3 Å². The van der Waals surface area contributed by atoms with Gasteiger partial charge in [0.2, 0.25) is 0 Å². The maximum absolute atomic E-state index is 12.0. The van der Waals surface area contributed by atoms with Crippen LogP contribution in [0, 0.1) is 0 Å². The molecule has 2 aromatic rings. The Balaban J connectivity index is 1.26. The van der Waals surface area contributed by atoms with E-state index < -0.39 is 23.7 Å². The summed E-state index contributed by atoms with van der Waals surface area (Å²) in [7, 11) is 0. The second-order valence-corrected chi connectivity index (χ2v) is 7.41. The monoisotopic (exact) mass is 408 g/mol. The van der Waals surface area contributed by atoms with Crippen molar-refractivity contribution in [2.45, 2.75) is 30.1 Å². The molecule has 0 radical (unpaired) electrons. The second kappa shape index (κ2) is 7.82. The van der Waals surface area contributed by atoms with Gasteiger partial charge in [0, 0.05) is 17.1 Å². The van der Waals surface area contributed by atoms with E-state index in [1.165, 1.54) is 18.6 Å². The molecule has 2 aliphatic rings. The lowest BCUT2D eigenvalue weighted by Crippen LogP contribution is -2.53. The summed E-state index contributed by atoms with van der Waals surface area (Å²) in [4.78, 5) is 12.0. The van der Waals surface area contributed by atoms with E-state index in [2.05, 4.69) is 10.6 Å². The van der Waals surface area contributed by atoms with Crippen molar-refractivity contribution in [3.05, 3.63) is 59.0 Å². The van der Waals surface area contributed by atoms with Gasteiger partial charge in [0.05, 0.1) is 31.1 Å². The van der Waals surface area contributed by atoms with Crippen LogP contribution in [0.2, 0.25) is 5.02 Å². The minimum absolute atomic E-state index is 0.0916. The number of nitrogens with one attached hydrogen (secondary N) is 2. The molecule has 0 aliphatic carbocycles. The SMILES string of the molecule is O=C(NC[C@]1(O)CO[C@H](CNC2OC2c2ccccc2Cl)[C@H]1O)c1ccoc1. The smallest absolute Gasteiger partial charge is 0.254 e. The molecule has 2 fully saturated rings. The average molecular weight is 409 g/mol. The fraction of sp³-hybridized carbons (Fsp3) is 0.421. The van der Waals surface area contributed by atoms with Crippen LogP contribution in [0.15, 0.2) is 47.3 Å². The number of halogens is 1. The molecule has 2 saturated heterocycles. The minimum Gasteiger partial charge on any atom is -0.472 e. The number of aliphatic hydroxyl groups is 2. The van der Waals surface area contributed by atoms with Gasteiger partial charge in [-0.1, -0.05) is 29.8 Å². The van der Waals surface area contributed by atoms with Crippen LogP contribution >= 0.6 is 11.6 Å². The molecule has 0 bridgehead atoms. The number of ether oxygens (including phenoxy) is 2. The van der Waals surface area contributed by atoms with Crippen molar-refractivity contribution < 1.29 is 28.9 Å². The summed E-state index contributed by atoms with van der Waals surface area (Å²) in [6, 6.07) is 8.96. The van der Waals surface area contributed by atoms with Gasteiger partial charge in [-0.3, -0.25) is 10.1 Å². The normalized spacial score (nSPS) is 31.7. The van der Waals surface area contributed by atoms with Gasteiger partial charge in [-0.25, -0.2) is 0 Å². The van der Waals surface area contributed by atoms with Crippen LogP contribution in [0.1, 0.15) is 22.0 Å². The summed E-state index contributed by atoms with van der Waals surface area (Å²) in [6.45, 7) is 0.0489. The molecule has 5 atom stereocenters. The molecule has 1 aromatic carbocycles. The number of benzene rings is 1. The Bertz CT molecular complexity index is 832. The molecule has 2 unspecified atom stereocenters. The maximum Gasteiger partial charge on any atom is 0.254 e. The van der Waals surface area contributed by atoms with Gasteiger partial charge < -0.3 is 29.4 Å². The average Bonchev–Trinajstić information content (AvgIpc) is 3.11. The predicted molar refractivity (Wildman–Crippen MR) is 98.8 cm³/mol. The summed E-state index contributed by atoms with van der Waals surface area (Å²) in [5.41, 5.74) is -0.335. The summed E-state index contributed by atoms with van der Waals surface area (Å²) >= 11 is 6.16. The number of hydrogen-bond donors (Lipinski definition) is 4. The number of amides is 1. The lowest BCUT2D eigenvalue weighted by Gasteiger charge is -2.26. The van der Waals surface area contributed by atoms with Crippen LogP contribution in [0.25, 0.3) is 0 Å². The number of furan rings is 1. The summed E-state index contributed by atoms with van der Waals surface area (Å²) in [6.07, 6.45) is 0.507. The highest BCUT2D eigenvalue weighted by Gasteiger charge is 2.49. The van der Waals surface area contributed by atoms with Gasteiger partial charge in [0.25, 0.3) is 5.91 Å². The highest BCUT2D eigenvalue weighted by molar-refractivity contribution is 6.31. The molecule has 1 aromatic heterocycles. The van der Waals surface area contributed by atoms with E-state index in [4.69, 9.17) is 25.5 Å². The van der Waals surface area contributed by atoms with E-state index in [0.29, 0.717) is 10.6 Å². The Morgan fingerprint density at radius 1 is 1.32 bits per heavy atom. The van der Waals surface area contributed by atoms with Gasteiger partial charge in [-0.2, -0.15) is 0 Å². The standard InChI is InChI=1S/C19H21ClN2O6/c20-13-4-2-1-3-12(13)15-18(28-15)21-7-14-16(23)19(25,10-27-14)9-22-17(24)11-5-6-26-8-11/h1-6,8,14-16,18,21,23,25H,7,9-10H2,(H,22,24)/t14-,15?,16-,18?,19+/m1/s1. The van der Waals surface area contributed by atoms with Crippen LogP contribution in [-0.4, -0.2) is 59.9 Å². The Labute approximate surface area is 166 Å². The van der Waals surface area contributed by atoms with Gasteiger partial charge in [-0.15, -0.1) is 0 Å². The van der Waals surface area contributed by atoms with Crippen molar-refractivity contribution >= 4 is 17.5 Å². The van der Waals surface area contributed by atoms with Crippen molar-refractivity contribution in [1.82, 2.24) is 10.6 Å². The first-order valence-electron chi connectivity index (χ1n) is 8.94. The first kappa shape index (κ1) is 19.4. The zero-order valence-electron chi connectivity index (χ0n) is 14.9. The quantitative estimate of drug-likeness (QED) is 0.501. The zero-order valence-corrected chi connectivity index (χ0v) is 15.6. The Morgan fingerprint density at radius 3 is 2.89 bits per heavy atom. The maximum atomic E-state index is 12.0. The van der Waals surface area contributed by atoms with Gasteiger partial charge in [0.15, 0.2) is 0 Å². The molecule has 4 N–H and O–H groups in total. The molecule has 2 aliphatic heterocycles. The fourth-order valence-corrected chi connectivity index (χ4v) is 3.51. The van der Waals surface area contributed by atoms with Gasteiger partial charge >= 0.3 is 0 Å². The van der Waals surface area contributed by atoms with Crippen LogP contribution < -0.4 is 10.6 Å². The van der Waals surface area contributed by atoms with E-state index in [1.807, 2.05) is 18.2 Å². The Hall–Kier alpha value is -1.94. The molecule has 0 spiro atoms. The Morgan fingerprint density at radius 2 is 2.14 bits per heavy atom. The fourth-order valence-electron chi connectivity index (χ4n) is 3.27. The molecule has 150 valence electrons. The summed E-state index contributed by atoms with van der Waals surface area (Å²) in [5, 5.41) is 27.5. The number of rotatable bonds is 7. The Kier molecular flexibility index (Phi) is 5.42. The van der Waals surface area contributed by atoms with Crippen molar-refractivity contribution in [3.8, 4) is 0 Å². The van der Waals surface area contributed by atoms with Crippen molar-refractivity contribution in [1.29, 1.82) is 0 Å². The molecule has 28 heavy (non-hydrogen) atoms. The first-order valence-corrected chi connectivity index (χ1v) is 9.31. The van der Waals surface area contributed by atoms with Crippen molar-refractivity contribution in [2.75, 3.05) is 19.7 Å². The number of hydrogen-bond acceptors (Lipinski definition) is 7. The second-order valence-electron chi connectivity index (χ2n) is 7.00. The third-order valence-electron chi connectivity index (χ3n) is 5.01. The molecular weight excluding hydrogens is 388 g/mol. The highest BCUT2D eigenvalue weighted by atomic mass is 35.5. The lowest BCUT2D eigenvalue weighted by atomic mass is 9.96. The van der Waals surface area contributed by atoms with Crippen LogP contribution in [0.5, 0.6) is 0 Å². The molecule has 0 saturated carbocycles. The summed E-state index contributed by atoms with van der Waals surface area (Å²) in [5.74, 6) is -0.398. The molecule has 4 rings (SSSR count). The molecule has 1 amide bonds. The van der Waals surface area contributed by atoms with Crippen molar-refractivity contribution in [3.63, 3.8) is 0 Å². The third kappa shape index (κ3) is 3.93. The van der Waals surface area contributed by atoms with E-state index in [0.717, 1.165) is 5.56 Å². The first-order chi connectivity index (χ1) is 13.5. The number of aliphatic hydroxyl groups excluding tert-OH is 1. The topological polar surface area (TPSA) is 116 Å². The van der Waals surface area contributed by atoms with E-state index in [1.54, 1.807) is 6.07 Å². The highest BCUT2D eigenvalue weighted by Crippen LogP contribution is 2.40. The number of carbonyl (C=O) groups is 1. The van der Waals surface area contributed by atoms with Crippen LogP contribution in [0.4, 0.5) is 0 Å². The molecular formula is C19H21ClN2O6. The van der Waals surface area contributed by atoms with Crippen LogP contribution in [-0.2, 0) is 9.47 Å². The molecule has 3 heterocycles. The van der Waals surface area contributed by atoms with E-state index in [-0.39, 0.29) is 32.0 Å². The molecule has 9 heteroatoms. The largest absolute Gasteiger partial charge is 0.472 e. The van der Waals surface area contributed by atoms with E-state index in [9.17, 15) is 15.0 Å². The minimum atomic E-state index is -1.57. The lowest BCUT2D eigenvalue weighted by molar-refractivity contribution is -0.0467. The third-order valence-corrected chi connectivity index (χ3v) is 5.36. The van der Waals surface area contributed by atoms with Crippen LogP contribution in [0.3, 0.4) is 0 Å². The molecule has 8 nitrogen and oxygen atoms in total. The van der Waals surface area contributed by atoms with E-state index >= 15 is 0 Å². The number of carbonyl (C=O) groups excluding carboxylic acids is 1. The zero-order chi connectivity index (χ0) is 19.7. The predicted octanol–water partition coefficient (Wildman–Crippen LogP) is 0.841. The van der Waals surface area contributed by atoms with Crippen molar-refractivity contribution in [2.24, 2.45) is 0 Å². The summed E-state index contributed by atoms with van der Waals surface area (Å²) < 4.78 is 16.0. The van der Waals surface area contributed by atoms with Gasteiger partial charge in [-0.05, 0) is 12.1 Å². The number of epoxide rings is 1.